The Labute approximate surface area is 70.8 Å². The van der Waals surface area contributed by atoms with E-state index in [0.717, 1.165) is 0 Å². The lowest BCUT2D eigenvalue weighted by Gasteiger charge is -2.06. The third-order valence-electron chi connectivity index (χ3n) is 1.52. The number of nitriles is 1. The van der Waals surface area contributed by atoms with Crippen LogP contribution in [-0.4, -0.2) is 11.5 Å². The molecule has 1 heterocycles. The van der Waals surface area contributed by atoms with E-state index in [4.69, 9.17) is 16.7 Å². The van der Waals surface area contributed by atoms with Crippen LogP contribution in [-0.2, 0) is 0 Å². The molecule has 1 atom stereocenters. The van der Waals surface area contributed by atoms with Crippen LogP contribution < -0.4 is 11.5 Å². The first-order valence-corrected chi connectivity index (χ1v) is 3.60. The maximum Gasteiger partial charge on any atom is 0.140 e. The van der Waals surface area contributed by atoms with Crippen LogP contribution in [0.25, 0.3) is 0 Å². The third kappa shape index (κ3) is 1.78. The van der Waals surface area contributed by atoms with Crippen LogP contribution in [0, 0.1) is 11.3 Å². The van der Waals surface area contributed by atoms with E-state index in [9.17, 15) is 0 Å². The molecule has 4 heteroatoms. The van der Waals surface area contributed by atoms with Crippen molar-refractivity contribution in [1.29, 1.82) is 5.26 Å². The molecule has 1 aromatic rings. The number of pyridine rings is 1. The van der Waals surface area contributed by atoms with Gasteiger partial charge >= 0.3 is 0 Å². The Bertz CT molecular complexity index is 302. The first-order chi connectivity index (χ1) is 5.77. The average molecular weight is 162 g/mol. The van der Waals surface area contributed by atoms with Crippen LogP contribution in [0.4, 0.5) is 0 Å². The van der Waals surface area contributed by atoms with Gasteiger partial charge in [0.05, 0.1) is 11.7 Å². The second-order valence-electron chi connectivity index (χ2n) is 2.40. The van der Waals surface area contributed by atoms with E-state index < -0.39 is 0 Å². The molecule has 0 spiro atoms. The Morgan fingerprint density at radius 3 is 2.92 bits per heavy atom. The Balaban J connectivity index is 2.95. The summed E-state index contributed by atoms with van der Waals surface area (Å²) in [4.78, 5) is 4.00. The van der Waals surface area contributed by atoms with E-state index >= 15 is 0 Å². The molecule has 0 radical (unpaired) electrons. The average Bonchev–Trinajstić information content (AvgIpc) is 2.17. The van der Waals surface area contributed by atoms with Crippen LogP contribution >= 0.6 is 0 Å². The van der Waals surface area contributed by atoms with Crippen molar-refractivity contribution in [2.24, 2.45) is 11.5 Å². The van der Waals surface area contributed by atoms with Gasteiger partial charge in [-0.2, -0.15) is 5.26 Å². The van der Waals surface area contributed by atoms with E-state index in [1.807, 2.05) is 6.07 Å². The highest BCUT2D eigenvalue weighted by molar-refractivity contribution is 5.23. The van der Waals surface area contributed by atoms with Crippen molar-refractivity contribution in [2.75, 3.05) is 6.54 Å². The summed E-state index contributed by atoms with van der Waals surface area (Å²) in [5, 5.41) is 8.53. The summed E-state index contributed by atoms with van der Waals surface area (Å²) in [6.07, 6.45) is 0. The second kappa shape index (κ2) is 3.81. The molecule has 0 saturated carbocycles. The smallest absolute Gasteiger partial charge is 0.140 e. The van der Waals surface area contributed by atoms with Gasteiger partial charge in [-0.25, -0.2) is 4.98 Å². The number of hydrogen-bond acceptors (Lipinski definition) is 4. The zero-order valence-corrected chi connectivity index (χ0v) is 6.57. The summed E-state index contributed by atoms with van der Waals surface area (Å²) in [6, 6.07) is 6.80. The number of aromatic nitrogens is 1. The lowest BCUT2D eigenvalue weighted by molar-refractivity contribution is 0.710. The largest absolute Gasteiger partial charge is 0.329 e. The van der Waals surface area contributed by atoms with E-state index in [0.29, 0.717) is 17.9 Å². The van der Waals surface area contributed by atoms with Crippen LogP contribution in [0.5, 0.6) is 0 Å². The Morgan fingerprint density at radius 2 is 2.33 bits per heavy atom. The first-order valence-electron chi connectivity index (χ1n) is 3.60. The molecule has 0 amide bonds. The quantitative estimate of drug-likeness (QED) is 0.636. The molecular formula is C8H10N4. The van der Waals surface area contributed by atoms with E-state index in [2.05, 4.69) is 4.98 Å². The summed E-state index contributed by atoms with van der Waals surface area (Å²) in [7, 11) is 0. The molecule has 1 aromatic heterocycles. The maximum absolute atomic E-state index is 8.53. The van der Waals surface area contributed by atoms with Crippen molar-refractivity contribution in [3.8, 4) is 6.07 Å². The molecular weight excluding hydrogens is 152 g/mol. The van der Waals surface area contributed by atoms with Crippen molar-refractivity contribution in [3.63, 3.8) is 0 Å². The topological polar surface area (TPSA) is 88.7 Å². The molecule has 4 N–H and O–H groups in total. The van der Waals surface area contributed by atoms with Gasteiger partial charge in [-0.3, -0.25) is 0 Å². The summed E-state index contributed by atoms with van der Waals surface area (Å²) in [5.41, 5.74) is 12.0. The molecule has 0 aliphatic rings. The van der Waals surface area contributed by atoms with Crippen LogP contribution in [0.2, 0.25) is 0 Å². The second-order valence-corrected chi connectivity index (χ2v) is 2.40. The molecule has 0 saturated heterocycles. The summed E-state index contributed by atoms with van der Waals surface area (Å²) in [5.74, 6) is 0. The third-order valence-corrected chi connectivity index (χ3v) is 1.52. The van der Waals surface area contributed by atoms with E-state index in [-0.39, 0.29) is 6.04 Å². The molecule has 0 aliphatic heterocycles. The summed E-state index contributed by atoms with van der Waals surface area (Å²) < 4.78 is 0. The Hall–Kier alpha value is -1.44. The van der Waals surface area contributed by atoms with Gasteiger partial charge in [0.2, 0.25) is 0 Å². The predicted octanol–water partition coefficient (Wildman–Crippen LogP) is -0.0882. The highest BCUT2D eigenvalue weighted by Gasteiger charge is 2.04. The molecule has 1 rings (SSSR count). The molecule has 0 aliphatic carbocycles. The SMILES string of the molecule is N#Cc1cccc([C@@H](N)CN)n1. The van der Waals surface area contributed by atoms with Crippen LogP contribution in [0.3, 0.4) is 0 Å². The molecule has 12 heavy (non-hydrogen) atoms. The zero-order valence-electron chi connectivity index (χ0n) is 6.57. The molecule has 0 aromatic carbocycles. The molecule has 0 fully saturated rings. The van der Waals surface area contributed by atoms with E-state index in [1.165, 1.54) is 0 Å². The van der Waals surface area contributed by atoms with Crippen molar-refractivity contribution >= 4 is 0 Å². The van der Waals surface area contributed by atoms with Gasteiger partial charge in [0.25, 0.3) is 0 Å². The summed E-state index contributed by atoms with van der Waals surface area (Å²) in [6.45, 7) is 0.335. The molecule has 0 unspecified atom stereocenters. The van der Waals surface area contributed by atoms with Crippen LogP contribution in [0.15, 0.2) is 18.2 Å². The Kier molecular flexibility index (Phi) is 2.75. The van der Waals surface area contributed by atoms with Crippen molar-refractivity contribution < 1.29 is 0 Å². The standard InChI is InChI=1S/C8H10N4/c9-4-6-2-1-3-8(12-6)7(11)5-10/h1-3,7H,5,10-11H2/t7-/m0/s1. The van der Waals surface area contributed by atoms with Gasteiger partial charge in [0.1, 0.15) is 11.8 Å². The predicted molar refractivity (Wildman–Crippen MR) is 44.9 cm³/mol. The van der Waals surface area contributed by atoms with Gasteiger partial charge in [0.15, 0.2) is 0 Å². The lowest BCUT2D eigenvalue weighted by Crippen LogP contribution is -2.21. The zero-order chi connectivity index (χ0) is 8.97. The minimum absolute atomic E-state index is 0.279. The molecule has 62 valence electrons. The van der Waals surface area contributed by atoms with Gasteiger partial charge in [0, 0.05) is 6.54 Å². The fraction of sp³-hybridized carbons (Fsp3) is 0.250. The highest BCUT2D eigenvalue weighted by atomic mass is 14.8. The summed E-state index contributed by atoms with van der Waals surface area (Å²) >= 11 is 0. The minimum atomic E-state index is -0.279. The molecule has 0 bridgehead atoms. The molecule has 4 nitrogen and oxygen atoms in total. The van der Waals surface area contributed by atoms with Crippen molar-refractivity contribution in [2.45, 2.75) is 6.04 Å². The number of nitrogens with two attached hydrogens (primary N) is 2. The Morgan fingerprint density at radius 1 is 1.58 bits per heavy atom. The fourth-order valence-corrected chi connectivity index (χ4v) is 0.841. The number of nitrogens with zero attached hydrogens (tertiary/aromatic N) is 2. The fourth-order valence-electron chi connectivity index (χ4n) is 0.841. The van der Waals surface area contributed by atoms with E-state index in [1.54, 1.807) is 18.2 Å². The van der Waals surface area contributed by atoms with Gasteiger partial charge in [-0.15, -0.1) is 0 Å². The maximum atomic E-state index is 8.53. The monoisotopic (exact) mass is 162 g/mol. The van der Waals surface area contributed by atoms with Gasteiger partial charge < -0.3 is 11.5 Å². The first kappa shape index (κ1) is 8.65. The lowest BCUT2D eigenvalue weighted by atomic mass is 10.2. The van der Waals surface area contributed by atoms with Crippen LogP contribution in [0.1, 0.15) is 17.4 Å². The number of hydrogen-bond donors (Lipinski definition) is 2. The normalized spacial score (nSPS) is 12.1. The van der Waals surface area contributed by atoms with Gasteiger partial charge in [-0.1, -0.05) is 6.07 Å². The van der Waals surface area contributed by atoms with Crippen molar-refractivity contribution in [3.05, 3.63) is 29.6 Å². The van der Waals surface area contributed by atoms with Crippen molar-refractivity contribution in [1.82, 2.24) is 4.98 Å². The highest BCUT2D eigenvalue weighted by Crippen LogP contribution is 2.05. The number of rotatable bonds is 2. The minimum Gasteiger partial charge on any atom is -0.329 e. The van der Waals surface area contributed by atoms with Gasteiger partial charge in [-0.05, 0) is 12.1 Å².